The molecule has 0 radical (unpaired) electrons. The Bertz CT molecular complexity index is 801. The number of aryl methyl sites for hydroxylation is 2. The van der Waals surface area contributed by atoms with E-state index in [2.05, 4.69) is 0 Å². The third kappa shape index (κ3) is 4.88. The minimum Gasteiger partial charge on any atom is -0.300 e. The summed E-state index contributed by atoms with van der Waals surface area (Å²) in [5.74, 6) is -1.59. The Morgan fingerprint density at radius 3 is 1.54 bits per heavy atom. The fourth-order valence-corrected chi connectivity index (χ4v) is 2.41. The first-order valence-electron chi connectivity index (χ1n) is 7.65. The minimum atomic E-state index is -0.657. The van der Waals surface area contributed by atoms with Gasteiger partial charge in [-0.3, -0.25) is 25.0 Å². The number of benzene rings is 2. The van der Waals surface area contributed by atoms with Crippen molar-refractivity contribution < 1.29 is 23.4 Å². The molecule has 0 unspecified atom stereocenters. The third-order valence-corrected chi connectivity index (χ3v) is 3.83. The van der Waals surface area contributed by atoms with Crippen molar-refractivity contribution in [3.8, 4) is 0 Å². The summed E-state index contributed by atoms with van der Waals surface area (Å²) in [7, 11) is 0. The fraction of sp³-hybridized carbons (Fsp3) is 0.235. The van der Waals surface area contributed by atoms with Gasteiger partial charge in [0.2, 0.25) is 0 Å². The molecule has 0 saturated heterocycles. The number of non-ortho nitro benzene ring substituents is 2. The largest absolute Gasteiger partial charge is 0.300 e. The summed E-state index contributed by atoms with van der Waals surface area (Å²) in [6, 6.07) is 6.15. The van der Waals surface area contributed by atoms with Gasteiger partial charge in [0.15, 0.2) is 0 Å². The second kappa shape index (κ2) is 8.24. The normalized spacial score (nSPS) is 10.5. The van der Waals surface area contributed by atoms with Gasteiger partial charge in [-0.15, -0.1) is 0 Å². The zero-order valence-electron chi connectivity index (χ0n) is 13.5. The highest BCUT2D eigenvalue weighted by Gasteiger charge is 2.14. The first kappa shape index (κ1) is 19.1. The molecular formula is C17H14F2N2O5. The van der Waals surface area contributed by atoms with Crippen LogP contribution in [0.15, 0.2) is 36.4 Å². The van der Waals surface area contributed by atoms with Crippen LogP contribution in [0.4, 0.5) is 20.2 Å². The van der Waals surface area contributed by atoms with Gasteiger partial charge in [-0.25, -0.2) is 8.78 Å². The van der Waals surface area contributed by atoms with Gasteiger partial charge in [-0.1, -0.05) is 0 Å². The van der Waals surface area contributed by atoms with E-state index in [0.717, 1.165) is 36.4 Å². The van der Waals surface area contributed by atoms with Crippen molar-refractivity contribution in [2.45, 2.75) is 25.7 Å². The van der Waals surface area contributed by atoms with Crippen molar-refractivity contribution >= 4 is 17.2 Å². The van der Waals surface area contributed by atoms with E-state index in [9.17, 15) is 33.8 Å². The molecule has 7 nitrogen and oxygen atoms in total. The number of nitrogens with zero attached hydrogens (tertiary/aromatic N) is 2. The molecule has 0 atom stereocenters. The molecule has 0 aliphatic rings. The lowest BCUT2D eigenvalue weighted by atomic mass is 10.0. The third-order valence-electron chi connectivity index (χ3n) is 3.83. The van der Waals surface area contributed by atoms with Crippen LogP contribution in [0.25, 0.3) is 0 Å². The summed E-state index contributed by atoms with van der Waals surface area (Å²) in [5, 5.41) is 21.4. The molecule has 136 valence electrons. The Balaban J connectivity index is 1.96. The van der Waals surface area contributed by atoms with Crippen LogP contribution in [-0.2, 0) is 17.6 Å². The average Bonchev–Trinajstić information content (AvgIpc) is 2.59. The predicted molar refractivity (Wildman–Crippen MR) is 87.8 cm³/mol. The SMILES string of the molecule is O=C(CCc1cc([N+](=O)[O-])ccc1F)CCc1cc([N+](=O)[O-])ccc1F. The van der Waals surface area contributed by atoms with E-state index in [1.54, 1.807) is 0 Å². The van der Waals surface area contributed by atoms with Crippen LogP contribution in [0.1, 0.15) is 24.0 Å². The van der Waals surface area contributed by atoms with Gasteiger partial charge in [-0.05, 0) is 36.1 Å². The molecule has 9 heteroatoms. The number of halogens is 2. The summed E-state index contributed by atoms with van der Waals surface area (Å²) in [5.41, 5.74) is -0.441. The van der Waals surface area contributed by atoms with Gasteiger partial charge >= 0.3 is 0 Å². The zero-order valence-corrected chi connectivity index (χ0v) is 13.5. The lowest BCUT2D eigenvalue weighted by Gasteiger charge is -2.05. The lowest BCUT2D eigenvalue weighted by molar-refractivity contribution is -0.385. The minimum absolute atomic E-state index is 0.0240. The summed E-state index contributed by atoms with van der Waals surface area (Å²) in [6.45, 7) is 0. The van der Waals surface area contributed by atoms with Crippen molar-refractivity contribution in [3.63, 3.8) is 0 Å². The van der Waals surface area contributed by atoms with Crippen LogP contribution in [0.3, 0.4) is 0 Å². The van der Waals surface area contributed by atoms with Gasteiger partial charge in [0, 0.05) is 37.1 Å². The first-order chi connectivity index (χ1) is 12.3. The molecular weight excluding hydrogens is 350 g/mol. The fourth-order valence-electron chi connectivity index (χ4n) is 2.41. The Morgan fingerprint density at radius 2 is 1.19 bits per heavy atom. The maximum absolute atomic E-state index is 13.7. The zero-order chi connectivity index (χ0) is 19.3. The maximum atomic E-state index is 13.7. The number of hydrogen-bond acceptors (Lipinski definition) is 5. The molecule has 0 amide bonds. The number of ketones is 1. The van der Waals surface area contributed by atoms with E-state index in [1.165, 1.54) is 0 Å². The molecule has 2 rings (SSSR count). The summed E-state index contributed by atoms with van der Waals surface area (Å²) < 4.78 is 27.3. The predicted octanol–water partition coefficient (Wildman–Crippen LogP) is 3.92. The Hall–Kier alpha value is -3.23. The van der Waals surface area contributed by atoms with Crippen LogP contribution in [-0.4, -0.2) is 15.6 Å². The second-order valence-electron chi connectivity index (χ2n) is 5.60. The Kier molecular flexibility index (Phi) is 6.05. The van der Waals surface area contributed by atoms with Gasteiger partial charge in [0.05, 0.1) is 9.85 Å². The summed E-state index contributed by atoms with van der Waals surface area (Å²) >= 11 is 0. The van der Waals surface area contributed by atoms with Gasteiger partial charge in [0.1, 0.15) is 17.4 Å². The highest BCUT2D eigenvalue weighted by Crippen LogP contribution is 2.20. The number of Topliss-reactive ketones (excluding diaryl/α,β-unsaturated/α-hetero) is 1. The van der Waals surface area contributed by atoms with E-state index in [0.29, 0.717) is 0 Å². The van der Waals surface area contributed by atoms with Crippen molar-refractivity contribution in [1.29, 1.82) is 0 Å². The van der Waals surface area contributed by atoms with Crippen molar-refractivity contribution in [2.75, 3.05) is 0 Å². The standard InChI is InChI=1S/C17H14F2N2O5/c18-16-7-3-13(20(23)24)9-11(16)1-5-15(22)6-2-12-10-14(21(25)26)4-8-17(12)19/h3-4,7-10H,1-2,5-6H2. The van der Waals surface area contributed by atoms with Crippen molar-refractivity contribution in [1.82, 2.24) is 0 Å². The van der Waals surface area contributed by atoms with Crippen LogP contribution in [0, 0.1) is 31.9 Å². The average molecular weight is 364 g/mol. The van der Waals surface area contributed by atoms with Gasteiger partial charge in [-0.2, -0.15) is 0 Å². The number of carbonyl (C=O) groups is 1. The molecule has 0 fully saturated rings. The molecule has 0 aliphatic carbocycles. The van der Waals surface area contributed by atoms with E-state index < -0.39 is 21.5 Å². The lowest BCUT2D eigenvalue weighted by Crippen LogP contribution is -2.05. The molecule has 0 aliphatic heterocycles. The van der Waals surface area contributed by atoms with Gasteiger partial charge in [0.25, 0.3) is 11.4 Å². The molecule has 0 heterocycles. The van der Waals surface area contributed by atoms with E-state index in [4.69, 9.17) is 0 Å². The number of carbonyl (C=O) groups excluding carboxylic acids is 1. The van der Waals surface area contributed by atoms with Crippen molar-refractivity contribution in [3.05, 3.63) is 79.4 Å². The summed E-state index contributed by atoms with van der Waals surface area (Å²) in [4.78, 5) is 32.0. The number of hydrogen-bond donors (Lipinski definition) is 0. The summed E-state index contributed by atoms with van der Waals surface area (Å²) in [6.07, 6.45) is -0.198. The Labute approximate surface area is 146 Å². The quantitative estimate of drug-likeness (QED) is 0.522. The van der Waals surface area contributed by atoms with E-state index >= 15 is 0 Å². The molecule has 0 saturated carbocycles. The van der Waals surface area contributed by atoms with E-state index in [-0.39, 0.29) is 54.0 Å². The van der Waals surface area contributed by atoms with Crippen LogP contribution in [0.2, 0.25) is 0 Å². The van der Waals surface area contributed by atoms with Crippen LogP contribution >= 0.6 is 0 Å². The highest BCUT2D eigenvalue weighted by atomic mass is 19.1. The maximum Gasteiger partial charge on any atom is 0.269 e. The molecule has 0 aromatic heterocycles. The number of nitro groups is 2. The Morgan fingerprint density at radius 1 is 0.808 bits per heavy atom. The monoisotopic (exact) mass is 364 g/mol. The molecule has 0 spiro atoms. The topological polar surface area (TPSA) is 103 Å². The second-order valence-corrected chi connectivity index (χ2v) is 5.60. The highest BCUT2D eigenvalue weighted by molar-refractivity contribution is 5.79. The molecule has 2 aromatic rings. The molecule has 0 bridgehead atoms. The molecule has 0 N–H and O–H groups in total. The smallest absolute Gasteiger partial charge is 0.269 e. The molecule has 2 aromatic carbocycles. The van der Waals surface area contributed by atoms with Crippen LogP contribution < -0.4 is 0 Å². The number of rotatable bonds is 8. The van der Waals surface area contributed by atoms with Crippen molar-refractivity contribution in [2.24, 2.45) is 0 Å². The number of nitro benzene ring substituents is 2. The van der Waals surface area contributed by atoms with E-state index in [1.807, 2.05) is 0 Å². The van der Waals surface area contributed by atoms with Gasteiger partial charge < -0.3 is 0 Å². The van der Waals surface area contributed by atoms with Crippen LogP contribution in [0.5, 0.6) is 0 Å². The molecule has 26 heavy (non-hydrogen) atoms. The first-order valence-corrected chi connectivity index (χ1v) is 7.65.